The molecule has 0 aliphatic rings. The molecule has 0 aliphatic heterocycles. The van der Waals surface area contributed by atoms with Crippen LogP contribution in [0.1, 0.15) is 52.1 Å². The van der Waals surface area contributed by atoms with Gasteiger partial charge in [-0.1, -0.05) is 34.6 Å². The quantitative estimate of drug-likeness (QED) is 0.806. The van der Waals surface area contributed by atoms with Crippen molar-refractivity contribution in [2.24, 2.45) is 0 Å². The van der Waals surface area contributed by atoms with Gasteiger partial charge in [-0.3, -0.25) is 0 Å². The van der Waals surface area contributed by atoms with Gasteiger partial charge in [0.1, 0.15) is 16.3 Å². The van der Waals surface area contributed by atoms with E-state index >= 15 is 0 Å². The van der Waals surface area contributed by atoms with Crippen LogP contribution in [0.25, 0.3) is 5.82 Å². The Kier molecular flexibility index (Phi) is 4.22. The van der Waals surface area contributed by atoms with Crippen molar-refractivity contribution in [3.8, 4) is 5.82 Å². The minimum Gasteiger partial charge on any atom is -0.225 e. The molecule has 0 saturated heterocycles. The molecule has 2 rings (SSSR count). The molecule has 20 heavy (non-hydrogen) atoms. The van der Waals surface area contributed by atoms with Gasteiger partial charge in [0, 0.05) is 24.3 Å². The van der Waals surface area contributed by atoms with E-state index < -0.39 is 0 Å². The van der Waals surface area contributed by atoms with Gasteiger partial charge in [0.2, 0.25) is 0 Å². The van der Waals surface area contributed by atoms with E-state index in [0.717, 1.165) is 40.7 Å². The molecular weight excluding hydrogens is 318 g/mol. The highest BCUT2D eigenvalue weighted by Crippen LogP contribution is 2.22. The van der Waals surface area contributed by atoms with Crippen LogP contribution in [0, 0.1) is 0 Å². The van der Waals surface area contributed by atoms with Gasteiger partial charge < -0.3 is 0 Å². The van der Waals surface area contributed by atoms with E-state index in [-0.39, 0.29) is 5.41 Å². The summed E-state index contributed by atoms with van der Waals surface area (Å²) in [4.78, 5) is 13.6. The Balaban J connectivity index is 2.58. The first kappa shape index (κ1) is 15.1. The Bertz CT molecular complexity index is 613. The average Bonchev–Trinajstić information content (AvgIpc) is 2.80. The summed E-state index contributed by atoms with van der Waals surface area (Å²) in [7, 11) is 0. The summed E-state index contributed by atoms with van der Waals surface area (Å²) in [6.07, 6.45) is 1.64. The second-order valence-electron chi connectivity index (χ2n) is 5.69. The van der Waals surface area contributed by atoms with E-state index in [9.17, 15) is 0 Å². The Morgan fingerprint density at radius 3 is 2.35 bits per heavy atom. The Morgan fingerprint density at radius 2 is 1.80 bits per heavy atom. The third kappa shape index (κ3) is 3.06. The lowest BCUT2D eigenvalue weighted by Gasteiger charge is -2.17. The highest BCUT2D eigenvalue weighted by atomic mass is 79.9. The lowest BCUT2D eigenvalue weighted by atomic mass is 9.96. The van der Waals surface area contributed by atoms with Crippen molar-refractivity contribution in [2.75, 3.05) is 0 Å². The van der Waals surface area contributed by atoms with Crippen LogP contribution in [0.4, 0.5) is 0 Å². The van der Waals surface area contributed by atoms with Crippen molar-refractivity contribution < 1.29 is 0 Å². The molecular formula is C14H20BrN5. The first-order valence-corrected chi connectivity index (χ1v) is 7.64. The fourth-order valence-electron chi connectivity index (χ4n) is 1.80. The molecule has 5 nitrogen and oxygen atoms in total. The summed E-state index contributed by atoms with van der Waals surface area (Å²) < 4.78 is 2.59. The van der Waals surface area contributed by atoms with Gasteiger partial charge in [-0.15, -0.1) is 5.10 Å². The summed E-state index contributed by atoms with van der Waals surface area (Å²) in [5, 5.41) is 4.53. The SMILES string of the molecule is CCc1nc(CC)n(-c2cc(Br)nc(C(C)(C)C)n2)n1. The molecule has 0 N–H and O–H groups in total. The molecule has 0 aromatic carbocycles. The smallest absolute Gasteiger partial charge is 0.160 e. The second-order valence-corrected chi connectivity index (χ2v) is 6.50. The zero-order valence-corrected chi connectivity index (χ0v) is 14.2. The number of hydrogen-bond donors (Lipinski definition) is 0. The molecule has 0 fully saturated rings. The predicted octanol–water partition coefficient (Wildman–Crippen LogP) is 3.24. The molecule has 0 amide bonds. The summed E-state index contributed by atoms with van der Waals surface area (Å²) in [6.45, 7) is 10.4. The number of hydrogen-bond acceptors (Lipinski definition) is 4. The van der Waals surface area contributed by atoms with Crippen LogP contribution in [0.15, 0.2) is 10.7 Å². The summed E-state index contributed by atoms with van der Waals surface area (Å²) in [5.41, 5.74) is -0.112. The van der Waals surface area contributed by atoms with E-state index in [0.29, 0.717) is 0 Å². The molecule has 0 aliphatic carbocycles. The van der Waals surface area contributed by atoms with Crippen LogP contribution in [-0.4, -0.2) is 24.7 Å². The maximum Gasteiger partial charge on any atom is 0.160 e. The molecule has 108 valence electrons. The summed E-state index contributed by atoms with van der Waals surface area (Å²) in [6, 6.07) is 1.88. The van der Waals surface area contributed by atoms with Gasteiger partial charge in [0.05, 0.1) is 0 Å². The molecule has 0 spiro atoms. The van der Waals surface area contributed by atoms with E-state index in [1.165, 1.54) is 0 Å². The van der Waals surface area contributed by atoms with Crippen molar-refractivity contribution in [1.82, 2.24) is 24.7 Å². The molecule has 2 aromatic rings. The fraction of sp³-hybridized carbons (Fsp3) is 0.571. The van der Waals surface area contributed by atoms with Gasteiger partial charge in [0.15, 0.2) is 11.6 Å². The summed E-state index contributed by atoms with van der Waals surface area (Å²) >= 11 is 3.46. The topological polar surface area (TPSA) is 56.5 Å². The maximum absolute atomic E-state index is 4.65. The average molecular weight is 338 g/mol. The Labute approximate surface area is 128 Å². The molecule has 0 bridgehead atoms. The van der Waals surface area contributed by atoms with Crippen LogP contribution >= 0.6 is 15.9 Å². The Hall–Kier alpha value is -1.30. The zero-order chi connectivity index (χ0) is 14.9. The number of halogens is 1. The first-order valence-electron chi connectivity index (χ1n) is 6.85. The van der Waals surface area contributed by atoms with Crippen LogP contribution in [0.3, 0.4) is 0 Å². The van der Waals surface area contributed by atoms with Crippen molar-refractivity contribution in [2.45, 2.75) is 52.9 Å². The number of aryl methyl sites for hydroxylation is 2. The zero-order valence-electron chi connectivity index (χ0n) is 12.6. The maximum atomic E-state index is 4.65. The van der Waals surface area contributed by atoms with Gasteiger partial charge in [-0.25, -0.2) is 15.0 Å². The Morgan fingerprint density at radius 1 is 1.10 bits per heavy atom. The molecule has 0 radical (unpaired) electrons. The minimum atomic E-state index is -0.112. The predicted molar refractivity (Wildman–Crippen MR) is 82.1 cm³/mol. The minimum absolute atomic E-state index is 0.112. The number of aromatic nitrogens is 5. The molecule has 0 saturated carbocycles. The molecule has 0 atom stereocenters. The fourth-order valence-corrected chi connectivity index (χ4v) is 2.18. The van der Waals surface area contributed by atoms with Crippen LogP contribution < -0.4 is 0 Å². The van der Waals surface area contributed by atoms with E-state index in [4.69, 9.17) is 0 Å². The van der Waals surface area contributed by atoms with Crippen LogP contribution in [0.5, 0.6) is 0 Å². The summed E-state index contributed by atoms with van der Waals surface area (Å²) in [5.74, 6) is 3.32. The molecule has 2 aromatic heterocycles. The van der Waals surface area contributed by atoms with Crippen molar-refractivity contribution >= 4 is 15.9 Å². The lowest BCUT2D eigenvalue weighted by molar-refractivity contribution is 0.539. The second kappa shape index (κ2) is 5.60. The normalized spacial score (nSPS) is 11.9. The standard InChI is InChI=1S/C14H20BrN5/c1-6-10-17-11(7-2)20(19-10)12-8-9(15)16-13(18-12)14(3,4)5/h8H,6-7H2,1-5H3. The van der Waals surface area contributed by atoms with E-state index in [1.807, 2.05) is 10.7 Å². The highest BCUT2D eigenvalue weighted by Gasteiger charge is 2.20. The van der Waals surface area contributed by atoms with Gasteiger partial charge in [-0.2, -0.15) is 4.68 Å². The third-order valence-corrected chi connectivity index (χ3v) is 3.33. The van der Waals surface area contributed by atoms with E-state index in [1.54, 1.807) is 0 Å². The number of nitrogens with zero attached hydrogens (tertiary/aromatic N) is 5. The molecule has 2 heterocycles. The molecule has 0 unspecified atom stereocenters. The van der Waals surface area contributed by atoms with Crippen molar-refractivity contribution in [3.63, 3.8) is 0 Å². The van der Waals surface area contributed by atoms with E-state index in [2.05, 4.69) is 70.6 Å². The third-order valence-electron chi connectivity index (χ3n) is 2.92. The van der Waals surface area contributed by atoms with Crippen LogP contribution in [0.2, 0.25) is 0 Å². The monoisotopic (exact) mass is 337 g/mol. The molecule has 6 heteroatoms. The lowest BCUT2D eigenvalue weighted by Crippen LogP contribution is -2.18. The van der Waals surface area contributed by atoms with Gasteiger partial charge in [0.25, 0.3) is 0 Å². The largest absolute Gasteiger partial charge is 0.225 e. The van der Waals surface area contributed by atoms with Crippen LogP contribution in [-0.2, 0) is 18.3 Å². The highest BCUT2D eigenvalue weighted by molar-refractivity contribution is 9.10. The number of rotatable bonds is 3. The first-order chi connectivity index (χ1) is 9.35. The van der Waals surface area contributed by atoms with Crippen molar-refractivity contribution in [1.29, 1.82) is 0 Å². The van der Waals surface area contributed by atoms with Gasteiger partial charge in [-0.05, 0) is 15.9 Å². The van der Waals surface area contributed by atoms with Crippen molar-refractivity contribution in [3.05, 3.63) is 28.1 Å². The van der Waals surface area contributed by atoms with Gasteiger partial charge >= 0.3 is 0 Å².